The maximum absolute atomic E-state index is 9.32. The molecule has 1 aromatic rings. The van der Waals surface area contributed by atoms with Crippen LogP contribution >= 0.6 is 0 Å². The Kier molecular flexibility index (Phi) is 4.66. The van der Waals surface area contributed by atoms with Gasteiger partial charge in [-0.1, -0.05) is 19.3 Å². The quantitative estimate of drug-likeness (QED) is 0.835. The van der Waals surface area contributed by atoms with Crippen LogP contribution in [0.5, 0.6) is 0 Å². The first-order chi connectivity index (χ1) is 9.11. The number of nitriles is 1. The molecule has 0 radical (unpaired) electrons. The average Bonchev–Trinajstić information content (AvgIpc) is 2.60. The first-order valence-corrected chi connectivity index (χ1v) is 7.34. The van der Waals surface area contributed by atoms with Crippen LogP contribution < -0.4 is 5.32 Å². The van der Waals surface area contributed by atoms with Gasteiger partial charge in [-0.2, -0.15) is 5.26 Å². The predicted molar refractivity (Wildman–Crippen MR) is 75.7 cm³/mol. The third kappa shape index (κ3) is 3.39. The Labute approximate surface area is 116 Å². The number of nitrogens with one attached hydrogen (secondary N) is 1. The molecule has 0 bridgehead atoms. The van der Waals surface area contributed by atoms with Crippen LogP contribution in [0.2, 0.25) is 0 Å². The van der Waals surface area contributed by atoms with Crippen LogP contribution in [-0.2, 0) is 0 Å². The Balaban J connectivity index is 2.06. The van der Waals surface area contributed by atoms with Crippen molar-refractivity contribution in [1.29, 1.82) is 5.26 Å². The van der Waals surface area contributed by atoms with E-state index < -0.39 is 0 Å². The summed E-state index contributed by atoms with van der Waals surface area (Å²) in [7, 11) is 0. The number of furan rings is 1. The van der Waals surface area contributed by atoms with Crippen LogP contribution in [0.15, 0.2) is 10.5 Å². The van der Waals surface area contributed by atoms with Crippen molar-refractivity contribution < 1.29 is 4.42 Å². The topological polar surface area (TPSA) is 49.0 Å². The SMILES string of the molecule is Cc1cc(C(C)NC2CCCCCC2C#N)c(C)o1. The van der Waals surface area contributed by atoms with Gasteiger partial charge < -0.3 is 9.73 Å². The summed E-state index contributed by atoms with van der Waals surface area (Å²) in [5, 5.41) is 13.0. The van der Waals surface area contributed by atoms with E-state index in [1.54, 1.807) is 0 Å². The van der Waals surface area contributed by atoms with Crippen molar-refractivity contribution in [3.63, 3.8) is 0 Å². The molecule has 1 aliphatic carbocycles. The van der Waals surface area contributed by atoms with Crippen molar-refractivity contribution >= 4 is 0 Å². The van der Waals surface area contributed by atoms with Crippen molar-refractivity contribution in [2.75, 3.05) is 0 Å². The monoisotopic (exact) mass is 260 g/mol. The molecule has 19 heavy (non-hydrogen) atoms. The smallest absolute Gasteiger partial charge is 0.105 e. The minimum Gasteiger partial charge on any atom is -0.466 e. The molecule has 0 amide bonds. The molecule has 1 aromatic heterocycles. The molecular formula is C16H24N2O. The molecule has 1 fully saturated rings. The van der Waals surface area contributed by atoms with Gasteiger partial charge in [0.2, 0.25) is 0 Å². The predicted octanol–water partition coefficient (Wildman–Crippen LogP) is 4.02. The van der Waals surface area contributed by atoms with Crippen LogP contribution in [0.1, 0.15) is 62.2 Å². The van der Waals surface area contributed by atoms with Gasteiger partial charge in [0.05, 0.1) is 12.0 Å². The molecule has 0 saturated heterocycles. The van der Waals surface area contributed by atoms with Crippen LogP contribution in [0, 0.1) is 31.1 Å². The summed E-state index contributed by atoms with van der Waals surface area (Å²) >= 11 is 0. The third-order valence-corrected chi connectivity index (χ3v) is 4.19. The Bertz CT molecular complexity index is 458. The van der Waals surface area contributed by atoms with Crippen molar-refractivity contribution in [3.05, 3.63) is 23.2 Å². The van der Waals surface area contributed by atoms with E-state index in [9.17, 15) is 5.26 Å². The summed E-state index contributed by atoms with van der Waals surface area (Å²) in [6.07, 6.45) is 5.82. The lowest BCUT2D eigenvalue weighted by molar-refractivity contribution is 0.359. The largest absolute Gasteiger partial charge is 0.466 e. The molecule has 1 heterocycles. The van der Waals surface area contributed by atoms with Crippen molar-refractivity contribution in [3.8, 4) is 6.07 Å². The normalized spacial score (nSPS) is 25.6. The molecule has 3 atom stereocenters. The highest BCUT2D eigenvalue weighted by atomic mass is 16.3. The van der Waals surface area contributed by atoms with Crippen LogP contribution in [0.4, 0.5) is 0 Å². The van der Waals surface area contributed by atoms with Crippen LogP contribution in [0.3, 0.4) is 0 Å². The molecule has 3 heteroatoms. The fourth-order valence-electron chi connectivity index (χ4n) is 3.15. The summed E-state index contributed by atoms with van der Waals surface area (Å²) in [5.74, 6) is 2.09. The molecule has 1 N–H and O–H groups in total. The molecule has 3 nitrogen and oxygen atoms in total. The van der Waals surface area contributed by atoms with E-state index in [0.29, 0.717) is 6.04 Å². The average molecular weight is 260 g/mol. The molecule has 0 spiro atoms. The molecule has 0 aromatic carbocycles. The Morgan fingerprint density at radius 1 is 1.32 bits per heavy atom. The molecule has 104 valence electrons. The second kappa shape index (κ2) is 6.25. The fourth-order valence-corrected chi connectivity index (χ4v) is 3.15. The number of hydrogen-bond acceptors (Lipinski definition) is 3. The van der Waals surface area contributed by atoms with E-state index in [1.807, 2.05) is 13.8 Å². The highest BCUT2D eigenvalue weighted by Crippen LogP contribution is 2.27. The molecule has 0 aliphatic heterocycles. The maximum atomic E-state index is 9.32. The Hall–Kier alpha value is -1.27. The standard InChI is InChI=1S/C16H24N2O/c1-11-9-15(13(3)19-11)12(2)18-16-8-6-4-5-7-14(16)10-17/h9,12,14,16,18H,4-8H2,1-3H3. The Morgan fingerprint density at radius 3 is 2.68 bits per heavy atom. The zero-order valence-electron chi connectivity index (χ0n) is 12.2. The van der Waals surface area contributed by atoms with Gasteiger partial charge in [0.15, 0.2) is 0 Å². The minimum absolute atomic E-state index is 0.151. The number of nitrogens with zero attached hydrogens (tertiary/aromatic N) is 1. The first-order valence-electron chi connectivity index (χ1n) is 7.34. The molecule has 2 rings (SSSR count). The summed E-state index contributed by atoms with van der Waals surface area (Å²) in [5.41, 5.74) is 1.22. The van der Waals surface area contributed by atoms with Gasteiger partial charge in [-0.05, 0) is 39.7 Å². The van der Waals surface area contributed by atoms with Crippen molar-refractivity contribution in [2.45, 2.75) is 65.0 Å². The van der Waals surface area contributed by atoms with Gasteiger partial charge >= 0.3 is 0 Å². The van der Waals surface area contributed by atoms with E-state index in [1.165, 1.54) is 24.8 Å². The second-order valence-corrected chi connectivity index (χ2v) is 5.74. The van der Waals surface area contributed by atoms with Gasteiger partial charge in [0.1, 0.15) is 11.5 Å². The van der Waals surface area contributed by atoms with E-state index in [0.717, 1.165) is 24.4 Å². The van der Waals surface area contributed by atoms with Crippen LogP contribution in [-0.4, -0.2) is 6.04 Å². The van der Waals surface area contributed by atoms with Gasteiger partial charge in [-0.3, -0.25) is 0 Å². The van der Waals surface area contributed by atoms with Gasteiger partial charge in [-0.25, -0.2) is 0 Å². The summed E-state index contributed by atoms with van der Waals surface area (Å²) in [6, 6.07) is 5.15. The zero-order valence-corrected chi connectivity index (χ0v) is 12.2. The molecular weight excluding hydrogens is 236 g/mol. The maximum Gasteiger partial charge on any atom is 0.105 e. The van der Waals surface area contributed by atoms with Gasteiger partial charge in [-0.15, -0.1) is 0 Å². The van der Waals surface area contributed by atoms with Gasteiger partial charge in [0.25, 0.3) is 0 Å². The number of aryl methyl sites for hydroxylation is 2. The first kappa shape index (κ1) is 14.1. The lowest BCUT2D eigenvalue weighted by Crippen LogP contribution is -2.36. The Morgan fingerprint density at radius 2 is 2.05 bits per heavy atom. The fraction of sp³-hybridized carbons (Fsp3) is 0.688. The number of rotatable bonds is 3. The molecule has 3 unspecified atom stereocenters. The summed E-state index contributed by atoms with van der Waals surface area (Å²) < 4.78 is 5.60. The number of hydrogen-bond donors (Lipinski definition) is 1. The third-order valence-electron chi connectivity index (χ3n) is 4.19. The zero-order chi connectivity index (χ0) is 13.8. The van der Waals surface area contributed by atoms with E-state index in [-0.39, 0.29) is 12.0 Å². The van der Waals surface area contributed by atoms with E-state index >= 15 is 0 Å². The molecule has 1 saturated carbocycles. The van der Waals surface area contributed by atoms with E-state index in [2.05, 4.69) is 24.4 Å². The summed E-state index contributed by atoms with van der Waals surface area (Å²) in [6.45, 7) is 6.15. The van der Waals surface area contributed by atoms with Gasteiger partial charge in [0, 0.05) is 17.6 Å². The lowest BCUT2D eigenvalue weighted by Gasteiger charge is -2.25. The molecule has 1 aliphatic rings. The lowest BCUT2D eigenvalue weighted by atomic mass is 9.95. The highest BCUT2D eigenvalue weighted by Gasteiger charge is 2.25. The van der Waals surface area contributed by atoms with Crippen molar-refractivity contribution in [2.24, 2.45) is 5.92 Å². The van der Waals surface area contributed by atoms with E-state index in [4.69, 9.17) is 4.42 Å². The van der Waals surface area contributed by atoms with Crippen molar-refractivity contribution in [1.82, 2.24) is 5.32 Å². The van der Waals surface area contributed by atoms with Crippen LogP contribution in [0.25, 0.3) is 0 Å². The minimum atomic E-state index is 0.151. The second-order valence-electron chi connectivity index (χ2n) is 5.74. The summed E-state index contributed by atoms with van der Waals surface area (Å²) in [4.78, 5) is 0. The highest BCUT2D eigenvalue weighted by molar-refractivity contribution is 5.23.